The van der Waals surface area contributed by atoms with Crippen molar-refractivity contribution in [3.8, 4) is 0 Å². The Morgan fingerprint density at radius 1 is 0.950 bits per heavy atom. The zero-order valence-corrected chi connectivity index (χ0v) is 11.6. The molecule has 20 heavy (non-hydrogen) atoms. The number of nitrogen functional groups attached to an aromatic ring is 1. The number of nitrogens with zero attached hydrogens (tertiary/aromatic N) is 1. The molecule has 3 aromatic rings. The summed E-state index contributed by atoms with van der Waals surface area (Å²) in [5, 5.41) is 4.53. The first-order chi connectivity index (χ1) is 9.63. The van der Waals surface area contributed by atoms with E-state index < -0.39 is 0 Å². The highest BCUT2D eigenvalue weighted by molar-refractivity contribution is 5.86. The molecule has 3 heteroatoms. The third-order valence-electron chi connectivity index (χ3n) is 3.43. The Balaban J connectivity index is 2.04. The number of benzene rings is 2. The van der Waals surface area contributed by atoms with E-state index in [1.165, 1.54) is 16.5 Å². The van der Waals surface area contributed by atoms with Crippen molar-refractivity contribution in [2.24, 2.45) is 0 Å². The maximum Gasteiger partial charge on any atom is 0.131 e. The van der Waals surface area contributed by atoms with Crippen LogP contribution in [0.15, 0.2) is 48.5 Å². The lowest BCUT2D eigenvalue weighted by Gasteiger charge is -2.10. The first-order valence-corrected chi connectivity index (χ1v) is 6.63. The quantitative estimate of drug-likeness (QED) is 0.682. The van der Waals surface area contributed by atoms with Crippen LogP contribution in [0.4, 0.5) is 17.2 Å². The molecule has 0 unspecified atom stereocenters. The molecule has 0 aliphatic carbocycles. The average molecular weight is 263 g/mol. The lowest BCUT2D eigenvalue weighted by Crippen LogP contribution is -1.96. The molecule has 2 aromatic carbocycles. The largest absolute Gasteiger partial charge is 0.399 e. The first kappa shape index (κ1) is 12.5. The van der Waals surface area contributed by atoms with E-state index in [9.17, 15) is 0 Å². The van der Waals surface area contributed by atoms with Crippen LogP contribution in [0.25, 0.3) is 10.9 Å². The molecule has 0 fully saturated rings. The fourth-order valence-corrected chi connectivity index (χ4v) is 2.34. The number of nitrogens with two attached hydrogens (primary N) is 1. The van der Waals surface area contributed by atoms with E-state index in [1.807, 2.05) is 24.3 Å². The molecule has 1 heterocycles. The number of rotatable bonds is 2. The number of nitrogens with one attached hydrogen (secondary N) is 1. The van der Waals surface area contributed by atoms with Gasteiger partial charge in [-0.05, 0) is 55.3 Å². The van der Waals surface area contributed by atoms with E-state index in [1.54, 1.807) is 0 Å². The van der Waals surface area contributed by atoms with E-state index in [0.29, 0.717) is 0 Å². The average Bonchev–Trinajstić information content (AvgIpc) is 2.43. The molecule has 100 valence electrons. The van der Waals surface area contributed by atoms with Crippen LogP contribution in [-0.4, -0.2) is 4.98 Å². The molecule has 0 spiro atoms. The van der Waals surface area contributed by atoms with E-state index in [-0.39, 0.29) is 0 Å². The van der Waals surface area contributed by atoms with Gasteiger partial charge in [-0.2, -0.15) is 0 Å². The number of hydrogen-bond donors (Lipinski definition) is 2. The molecule has 0 amide bonds. The second-order valence-electron chi connectivity index (χ2n) is 5.04. The van der Waals surface area contributed by atoms with Crippen LogP contribution in [0.3, 0.4) is 0 Å². The van der Waals surface area contributed by atoms with Crippen LogP contribution < -0.4 is 11.1 Å². The predicted octanol–water partition coefficient (Wildman–Crippen LogP) is 4.18. The molecule has 0 radical (unpaired) electrons. The standard InChI is InChI=1S/C17H17N3/c1-11-4-3-5-15-12(2)10-16(20-17(11)15)19-14-8-6-13(18)7-9-14/h3-10H,18H2,1-2H3,(H,19,20). The molecule has 0 aliphatic rings. The molecule has 3 rings (SSSR count). The van der Waals surface area contributed by atoms with Crippen molar-refractivity contribution < 1.29 is 0 Å². The zero-order chi connectivity index (χ0) is 14.1. The van der Waals surface area contributed by atoms with E-state index in [2.05, 4.69) is 43.4 Å². The Morgan fingerprint density at radius 3 is 2.45 bits per heavy atom. The van der Waals surface area contributed by atoms with Gasteiger partial charge < -0.3 is 11.1 Å². The molecule has 0 aliphatic heterocycles. The molecule has 0 atom stereocenters. The number of aryl methyl sites for hydroxylation is 2. The monoisotopic (exact) mass is 263 g/mol. The SMILES string of the molecule is Cc1cc(Nc2ccc(N)cc2)nc2c(C)cccc12. The summed E-state index contributed by atoms with van der Waals surface area (Å²) in [6.45, 7) is 4.19. The maximum atomic E-state index is 5.70. The Labute approximate surface area is 118 Å². The van der Waals surface area contributed by atoms with Crippen LogP contribution in [0.1, 0.15) is 11.1 Å². The number of aromatic nitrogens is 1. The molecule has 0 bridgehead atoms. The molecule has 0 saturated carbocycles. The van der Waals surface area contributed by atoms with Crippen molar-refractivity contribution >= 4 is 28.1 Å². The predicted molar refractivity (Wildman–Crippen MR) is 85.4 cm³/mol. The summed E-state index contributed by atoms with van der Waals surface area (Å²) in [5.41, 5.74) is 10.9. The van der Waals surface area contributed by atoms with Crippen molar-refractivity contribution in [2.75, 3.05) is 11.1 Å². The normalized spacial score (nSPS) is 10.7. The minimum Gasteiger partial charge on any atom is -0.399 e. The topological polar surface area (TPSA) is 50.9 Å². The van der Waals surface area contributed by atoms with Crippen molar-refractivity contribution in [3.63, 3.8) is 0 Å². The fraction of sp³-hybridized carbons (Fsp3) is 0.118. The summed E-state index contributed by atoms with van der Waals surface area (Å²) in [6.07, 6.45) is 0. The van der Waals surface area contributed by atoms with E-state index >= 15 is 0 Å². The lowest BCUT2D eigenvalue weighted by molar-refractivity contribution is 1.32. The number of anilines is 3. The summed E-state index contributed by atoms with van der Waals surface area (Å²) in [5.74, 6) is 0.856. The minimum absolute atomic E-state index is 0.758. The number of para-hydroxylation sites is 1. The minimum atomic E-state index is 0.758. The highest BCUT2D eigenvalue weighted by atomic mass is 15.0. The fourth-order valence-electron chi connectivity index (χ4n) is 2.34. The second kappa shape index (κ2) is 4.85. The van der Waals surface area contributed by atoms with E-state index in [0.717, 1.165) is 22.7 Å². The third kappa shape index (κ3) is 2.30. The van der Waals surface area contributed by atoms with Crippen molar-refractivity contribution in [1.82, 2.24) is 4.98 Å². The van der Waals surface area contributed by atoms with Gasteiger partial charge in [-0.1, -0.05) is 18.2 Å². The van der Waals surface area contributed by atoms with Crippen molar-refractivity contribution in [3.05, 3.63) is 59.7 Å². The highest BCUT2D eigenvalue weighted by Gasteiger charge is 2.05. The van der Waals surface area contributed by atoms with Gasteiger partial charge >= 0.3 is 0 Å². The summed E-state index contributed by atoms with van der Waals surface area (Å²) < 4.78 is 0. The zero-order valence-electron chi connectivity index (χ0n) is 11.6. The van der Waals surface area contributed by atoms with Gasteiger partial charge in [0, 0.05) is 16.8 Å². The molecular formula is C17H17N3. The van der Waals surface area contributed by atoms with Crippen LogP contribution in [0.2, 0.25) is 0 Å². The third-order valence-corrected chi connectivity index (χ3v) is 3.43. The second-order valence-corrected chi connectivity index (χ2v) is 5.04. The molecule has 0 saturated heterocycles. The maximum absolute atomic E-state index is 5.70. The van der Waals surface area contributed by atoms with Gasteiger partial charge in [-0.3, -0.25) is 0 Å². The van der Waals surface area contributed by atoms with Gasteiger partial charge in [0.1, 0.15) is 5.82 Å². The highest BCUT2D eigenvalue weighted by Crippen LogP contribution is 2.24. The first-order valence-electron chi connectivity index (χ1n) is 6.63. The van der Waals surface area contributed by atoms with Crippen molar-refractivity contribution in [1.29, 1.82) is 0 Å². The number of hydrogen-bond acceptors (Lipinski definition) is 3. The van der Waals surface area contributed by atoms with Crippen LogP contribution in [0, 0.1) is 13.8 Å². The molecular weight excluding hydrogens is 246 g/mol. The van der Waals surface area contributed by atoms with Crippen LogP contribution >= 0.6 is 0 Å². The Bertz CT molecular complexity index is 761. The van der Waals surface area contributed by atoms with Crippen LogP contribution in [0.5, 0.6) is 0 Å². The lowest BCUT2D eigenvalue weighted by atomic mass is 10.1. The summed E-state index contributed by atoms with van der Waals surface area (Å²) >= 11 is 0. The van der Waals surface area contributed by atoms with Gasteiger partial charge in [0.15, 0.2) is 0 Å². The van der Waals surface area contributed by atoms with Gasteiger partial charge in [0.05, 0.1) is 5.52 Å². The smallest absolute Gasteiger partial charge is 0.131 e. The van der Waals surface area contributed by atoms with E-state index in [4.69, 9.17) is 10.7 Å². The molecule has 3 N–H and O–H groups in total. The van der Waals surface area contributed by atoms with Gasteiger partial charge in [0.25, 0.3) is 0 Å². The Hall–Kier alpha value is -2.55. The Kier molecular flexibility index (Phi) is 3.03. The van der Waals surface area contributed by atoms with Gasteiger partial charge in [-0.15, -0.1) is 0 Å². The van der Waals surface area contributed by atoms with Gasteiger partial charge in [-0.25, -0.2) is 4.98 Å². The number of pyridine rings is 1. The Morgan fingerprint density at radius 2 is 1.70 bits per heavy atom. The molecule has 3 nitrogen and oxygen atoms in total. The van der Waals surface area contributed by atoms with Gasteiger partial charge in [0.2, 0.25) is 0 Å². The molecule has 1 aromatic heterocycles. The van der Waals surface area contributed by atoms with Crippen molar-refractivity contribution in [2.45, 2.75) is 13.8 Å². The summed E-state index contributed by atoms with van der Waals surface area (Å²) in [7, 11) is 0. The van der Waals surface area contributed by atoms with Crippen LogP contribution in [-0.2, 0) is 0 Å². The number of fused-ring (bicyclic) bond motifs is 1. The summed E-state index contributed by atoms with van der Waals surface area (Å²) in [6, 6.07) is 16.0. The summed E-state index contributed by atoms with van der Waals surface area (Å²) in [4.78, 5) is 4.71.